The first-order chi connectivity index (χ1) is 12.8. The fourth-order valence-electron chi connectivity index (χ4n) is 3.63. The number of hydrogen-bond acceptors (Lipinski definition) is 3. The van der Waals surface area contributed by atoms with Crippen LogP contribution in [-0.2, 0) is 0 Å². The number of nitrogens with one attached hydrogen (secondary N) is 1. The zero-order valence-electron chi connectivity index (χ0n) is 15.0. The van der Waals surface area contributed by atoms with Gasteiger partial charge in [-0.1, -0.05) is 24.6 Å². The maximum absolute atomic E-state index is 12.4. The van der Waals surface area contributed by atoms with Gasteiger partial charge in [0.15, 0.2) is 0 Å². The third-order valence-electron chi connectivity index (χ3n) is 5.04. The standard InChI is InChI=1S/C21H25N3OS/c25-21(22-12-6-15-23-13-4-1-5-14-23)19-9-10-20(26-19)24-16-11-17-7-2-3-8-18(17)24/h2-3,7-11,16H,1,4-6,12-15H2,(H,22,25). The number of benzene rings is 1. The van der Waals surface area contributed by atoms with Crippen molar-refractivity contribution < 1.29 is 4.79 Å². The van der Waals surface area contributed by atoms with E-state index in [1.165, 1.54) is 43.3 Å². The van der Waals surface area contributed by atoms with E-state index < -0.39 is 0 Å². The van der Waals surface area contributed by atoms with E-state index in [-0.39, 0.29) is 5.91 Å². The van der Waals surface area contributed by atoms with E-state index in [9.17, 15) is 4.79 Å². The van der Waals surface area contributed by atoms with Crippen LogP contribution in [0.5, 0.6) is 0 Å². The molecule has 1 aliphatic rings. The molecule has 1 N–H and O–H groups in total. The van der Waals surface area contributed by atoms with Gasteiger partial charge in [-0.05, 0) is 68.5 Å². The number of piperidine rings is 1. The van der Waals surface area contributed by atoms with Gasteiger partial charge >= 0.3 is 0 Å². The molecule has 1 aromatic carbocycles. The Kier molecular flexibility index (Phi) is 5.37. The zero-order chi connectivity index (χ0) is 17.8. The number of thiophene rings is 1. The molecule has 0 unspecified atom stereocenters. The number of para-hydroxylation sites is 1. The van der Waals surface area contributed by atoms with Crippen molar-refractivity contribution in [3.8, 4) is 5.00 Å². The van der Waals surface area contributed by atoms with Gasteiger partial charge in [0.25, 0.3) is 5.91 Å². The fourth-order valence-corrected chi connectivity index (χ4v) is 4.55. The maximum atomic E-state index is 12.4. The molecule has 136 valence electrons. The van der Waals surface area contributed by atoms with E-state index in [0.29, 0.717) is 0 Å². The second-order valence-electron chi connectivity index (χ2n) is 6.89. The number of nitrogens with zero attached hydrogens (tertiary/aromatic N) is 2. The Labute approximate surface area is 158 Å². The topological polar surface area (TPSA) is 37.3 Å². The maximum Gasteiger partial charge on any atom is 0.261 e. The predicted molar refractivity (Wildman–Crippen MR) is 108 cm³/mol. The SMILES string of the molecule is O=C(NCCCN1CCCCC1)c1ccc(-n2ccc3ccccc32)s1. The lowest BCUT2D eigenvalue weighted by Crippen LogP contribution is -2.33. The van der Waals surface area contributed by atoms with Crippen molar-refractivity contribution in [1.29, 1.82) is 0 Å². The highest BCUT2D eigenvalue weighted by Crippen LogP contribution is 2.26. The first kappa shape index (κ1) is 17.3. The van der Waals surface area contributed by atoms with Gasteiger partial charge in [0.2, 0.25) is 0 Å². The van der Waals surface area contributed by atoms with Crippen molar-refractivity contribution in [3.63, 3.8) is 0 Å². The van der Waals surface area contributed by atoms with Crippen molar-refractivity contribution in [2.75, 3.05) is 26.2 Å². The summed E-state index contributed by atoms with van der Waals surface area (Å²) in [6, 6.07) is 14.4. The number of rotatable bonds is 6. The van der Waals surface area contributed by atoms with E-state index >= 15 is 0 Å². The lowest BCUT2D eigenvalue weighted by Gasteiger charge is -2.26. The van der Waals surface area contributed by atoms with Crippen LogP contribution >= 0.6 is 11.3 Å². The van der Waals surface area contributed by atoms with Crippen LogP contribution in [0, 0.1) is 0 Å². The van der Waals surface area contributed by atoms with Crippen LogP contribution in [0.25, 0.3) is 15.9 Å². The van der Waals surface area contributed by atoms with Crippen molar-refractivity contribution in [2.45, 2.75) is 25.7 Å². The quantitative estimate of drug-likeness (QED) is 0.660. The molecule has 3 aromatic rings. The lowest BCUT2D eigenvalue weighted by molar-refractivity contribution is 0.0955. The molecule has 5 heteroatoms. The van der Waals surface area contributed by atoms with Gasteiger partial charge in [0.1, 0.15) is 5.00 Å². The molecule has 0 spiro atoms. The summed E-state index contributed by atoms with van der Waals surface area (Å²) >= 11 is 1.54. The van der Waals surface area contributed by atoms with Gasteiger partial charge in [-0.3, -0.25) is 4.79 Å². The third-order valence-corrected chi connectivity index (χ3v) is 6.12. The minimum atomic E-state index is 0.0383. The Balaban J connectivity index is 1.33. The second kappa shape index (κ2) is 8.06. The number of likely N-dealkylation sites (tertiary alicyclic amines) is 1. The van der Waals surface area contributed by atoms with Crippen molar-refractivity contribution in [2.24, 2.45) is 0 Å². The highest BCUT2D eigenvalue weighted by molar-refractivity contribution is 7.16. The Hall–Kier alpha value is -2.11. The predicted octanol–water partition coefficient (Wildman–Crippen LogP) is 4.30. The molecule has 4 nitrogen and oxygen atoms in total. The number of amides is 1. The number of carbonyl (C=O) groups excluding carboxylic acids is 1. The largest absolute Gasteiger partial charge is 0.351 e. The third kappa shape index (κ3) is 3.84. The van der Waals surface area contributed by atoms with Crippen LogP contribution in [0.3, 0.4) is 0 Å². The molecule has 4 rings (SSSR count). The number of carbonyl (C=O) groups is 1. The molecule has 1 saturated heterocycles. The van der Waals surface area contributed by atoms with Crippen LogP contribution in [0.15, 0.2) is 48.7 Å². The summed E-state index contributed by atoms with van der Waals surface area (Å²) in [5, 5.41) is 5.36. The highest BCUT2D eigenvalue weighted by atomic mass is 32.1. The Morgan fingerprint density at radius 2 is 1.88 bits per heavy atom. The van der Waals surface area contributed by atoms with Gasteiger partial charge in [-0.15, -0.1) is 11.3 Å². The fraction of sp³-hybridized carbons (Fsp3) is 0.381. The monoisotopic (exact) mass is 367 g/mol. The Morgan fingerprint density at radius 1 is 1.04 bits per heavy atom. The molecular formula is C21H25N3OS. The average Bonchev–Trinajstić information content (AvgIpc) is 3.33. The van der Waals surface area contributed by atoms with Crippen LogP contribution in [0.2, 0.25) is 0 Å². The zero-order valence-corrected chi connectivity index (χ0v) is 15.8. The second-order valence-corrected chi connectivity index (χ2v) is 7.96. The molecule has 0 saturated carbocycles. The van der Waals surface area contributed by atoms with Gasteiger partial charge < -0.3 is 14.8 Å². The molecule has 1 aliphatic heterocycles. The average molecular weight is 368 g/mol. The summed E-state index contributed by atoms with van der Waals surface area (Å²) in [4.78, 5) is 15.7. The van der Waals surface area contributed by atoms with Crippen molar-refractivity contribution in [1.82, 2.24) is 14.8 Å². The van der Waals surface area contributed by atoms with Gasteiger partial charge in [-0.25, -0.2) is 0 Å². The number of aromatic nitrogens is 1. The molecule has 0 atom stereocenters. The van der Waals surface area contributed by atoms with Crippen LogP contribution in [-0.4, -0.2) is 41.6 Å². The number of fused-ring (bicyclic) bond motifs is 1. The van der Waals surface area contributed by atoms with Crippen LogP contribution < -0.4 is 5.32 Å². The van der Waals surface area contributed by atoms with Gasteiger partial charge in [0.05, 0.1) is 10.4 Å². The highest BCUT2D eigenvalue weighted by Gasteiger charge is 2.12. The minimum Gasteiger partial charge on any atom is -0.351 e. The van der Waals surface area contributed by atoms with E-state index in [1.54, 1.807) is 11.3 Å². The van der Waals surface area contributed by atoms with E-state index in [0.717, 1.165) is 29.4 Å². The summed E-state index contributed by atoms with van der Waals surface area (Å²) in [6.07, 6.45) is 7.09. The summed E-state index contributed by atoms with van der Waals surface area (Å²) in [6.45, 7) is 4.26. The summed E-state index contributed by atoms with van der Waals surface area (Å²) in [5.74, 6) is 0.0383. The van der Waals surface area contributed by atoms with Crippen molar-refractivity contribution >= 4 is 28.1 Å². The van der Waals surface area contributed by atoms with Crippen LogP contribution in [0.4, 0.5) is 0 Å². The Bertz CT molecular complexity index is 876. The molecule has 26 heavy (non-hydrogen) atoms. The first-order valence-electron chi connectivity index (χ1n) is 9.48. The molecule has 0 radical (unpaired) electrons. The first-order valence-corrected chi connectivity index (χ1v) is 10.3. The summed E-state index contributed by atoms with van der Waals surface area (Å²) in [5.41, 5.74) is 1.17. The molecule has 1 fully saturated rings. The molecule has 3 heterocycles. The Morgan fingerprint density at radius 3 is 2.77 bits per heavy atom. The lowest BCUT2D eigenvalue weighted by atomic mass is 10.1. The minimum absolute atomic E-state index is 0.0383. The van der Waals surface area contributed by atoms with E-state index in [2.05, 4.69) is 39.2 Å². The molecule has 0 aliphatic carbocycles. The van der Waals surface area contributed by atoms with Gasteiger partial charge in [-0.2, -0.15) is 0 Å². The van der Waals surface area contributed by atoms with Crippen molar-refractivity contribution in [3.05, 3.63) is 53.5 Å². The smallest absolute Gasteiger partial charge is 0.261 e. The molecule has 0 bridgehead atoms. The summed E-state index contributed by atoms with van der Waals surface area (Å²) < 4.78 is 2.15. The molecule has 1 amide bonds. The molecule has 2 aromatic heterocycles. The summed E-state index contributed by atoms with van der Waals surface area (Å²) in [7, 11) is 0. The normalized spacial score (nSPS) is 15.4. The van der Waals surface area contributed by atoms with E-state index in [4.69, 9.17) is 0 Å². The van der Waals surface area contributed by atoms with Crippen LogP contribution in [0.1, 0.15) is 35.4 Å². The van der Waals surface area contributed by atoms with E-state index in [1.807, 2.05) is 24.3 Å². The van der Waals surface area contributed by atoms with Gasteiger partial charge in [0, 0.05) is 12.7 Å². The number of hydrogen-bond donors (Lipinski definition) is 1. The molecular weight excluding hydrogens is 342 g/mol.